The summed E-state index contributed by atoms with van der Waals surface area (Å²) in [5, 5.41) is 2.39. The minimum Gasteiger partial charge on any atom is -0.492 e. The maximum Gasteiger partial charge on any atom is 0.226 e. The SMILES string of the molecule is NC1=NC2(CCOCC2)N(OCCCOc2cccc(Cl)c2Cl)C(N)=N1. The third kappa shape index (κ3) is 4.15. The van der Waals surface area contributed by atoms with Crippen LogP contribution in [-0.2, 0) is 9.57 Å². The van der Waals surface area contributed by atoms with Gasteiger partial charge >= 0.3 is 0 Å². The number of hydroxylamine groups is 2. The highest BCUT2D eigenvalue weighted by Crippen LogP contribution is 2.33. The molecule has 10 heteroatoms. The summed E-state index contributed by atoms with van der Waals surface area (Å²) >= 11 is 12.1. The molecule has 0 unspecified atom stereocenters. The summed E-state index contributed by atoms with van der Waals surface area (Å²) in [6.45, 7) is 1.89. The topological polar surface area (TPSA) is 108 Å². The van der Waals surface area contributed by atoms with E-state index in [4.69, 9.17) is 49.0 Å². The minimum absolute atomic E-state index is 0.156. The molecule has 1 fully saturated rings. The summed E-state index contributed by atoms with van der Waals surface area (Å²) < 4.78 is 11.1. The van der Waals surface area contributed by atoms with E-state index in [1.165, 1.54) is 5.06 Å². The molecule has 4 N–H and O–H groups in total. The second-order valence-electron chi connectivity index (χ2n) is 5.92. The zero-order valence-corrected chi connectivity index (χ0v) is 15.7. The van der Waals surface area contributed by atoms with Crippen molar-refractivity contribution in [1.82, 2.24) is 5.06 Å². The van der Waals surface area contributed by atoms with Crippen LogP contribution >= 0.6 is 23.2 Å². The molecule has 0 amide bonds. The molecule has 0 atom stereocenters. The third-order valence-corrected chi connectivity index (χ3v) is 4.92. The molecule has 0 aliphatic carbocycles. The van der Waals surface area contributed by atoms with Gasteiger partial charge < -0.3 is 20.9 Å². The van der Waals surface area contributed by atoms with Crippen LogP contribution in [0, 0.1) is 0 Å². The minimum atomic E-state index is -0.661. The van der Waals surface area contributed by atoms with Crippen LogP contribution in [-0.4, -0.2) is 49.1 Å². The van der Waals surface area contributed by atoms with Gasteiger partial charge in [0.15, 0.2) is 5.66 Å². The first-order valence-electron chi connectivity index (χ1n) is 8.29. The van der Waals surface area contributed by atoms with Crippen LogP contribution in [0.5, 0.6) is 5.75 Å². The summed E-state index contributed by atoms with van der Waals surface area (Å²) in [6.07, 6.45) is 1.86. The standard InChI is InChI=1S/C16H21Cl2N5O3/c17-11-3-1-4-12(13(11)18)25-7-2-8-26-23-15(20)21-14(19)22-16(23)5-9-24-10-6-16/h1,3-4H,2,5-10H2,(H4,19,20,21,22). The van der Waals surface area contributed by atoms with E-state index in [1.54, 1.807) is 18.2 Å². The van der Waals surface area contributed by atoms with Gasteiger partial charge in [-0.3, -0.25) is 4.84 Å². The molecule has 1 saturated heterocycles. The lowest BCUT2D eigenvalue weighted by Crippen LogP contribution is -2.59. The van der Waals surface area contributed by atoms with Crippen molar-refractivity contribution in [3.8, 4) is 5.75 Å². The summed E-state index contributed by atoms with van der Waals surface area (Å²) in [5.74, 6) is 0.887. The zero-order chi connectivity index (χ0) is 18.6. The molecule has 3 rings (SSSR count). The van der Waals surface area contributed by atoms with Crippen molar-refractivity contribution in [3.05, 3.63) is 28.2 Å². The van der Waals surface area contributed by atoms with Gasteiger partial charge in [0.1, 0.15) is 10.8 Å². The zero-order valence-electron chi connectivity index (χ0n) is 14.2. The van der Waals surface area contributed by atoms with Gasteiger partial charge in [0.05, 0.1) is 31.5 Å². The van der Waals surface area contributed by atoms with E-state index < -0.39 is 5.66 Å². The van der Waals surface area contributed by atoms with Gasteiger partial charge in [-0.05, 0) is 12.1 Å². The Bertz CT molecular complexity index is 707. The number of benzene rings is 1. The Kier molecular flexibility index (Phi) is 6.08. The molecule has 0 aromatic heterocycles. The first-order chi connectivity index (χ1) is 12.5. The van der Waals surface area contributed by atoms with Crippen LogP contribution in [0.4, 0.5) is 0 Å². The van der Waals surface area contributed by atoms with Gasteiger partial charge in [-0.1, -0.05) is 29.3 Å². The first kappa shape index (κ1) is 19.0. The van der Waals surface area contributed by atoms with Crippen LogP contribution < -0.4 is 16.2 Å². The maximum atomic E-state index is 6.09. The highest BCUT2D eigenvalue weighted by atomic mass is 35.5. The number of halogens is 2. The Morgan fingerprint density at radius 2 is 1.96 bits per heavy atom. The van der Waals surface area contributed by atoms with E-state index in [0.29, 0.717) is 61.5 Å². The van der Waals surface area contributed by atoms with Gasteiger partial charge in [0, 0.05) is 19.3 Å². The molecular formula is C16H21Cl2N5O3. The van der Waals surface area contributed by atoms with Crippen molar-refractivity contribution in [1.29, 1.82) is 0 Å². The third-order valence-electron chi connectivity index (χ3n) is 4.11. The van der Waals surface area contributed by atoms with Crippen molar-refractivity contribution in [2.45, 2.75) is 24.9 Å². The summed E-state index contributed by atoms with van der Waals surface area (Å²) in [7, 11) is 0. The van der Waals surface area contributed by atoms with E-state index in [2.05, 4.69) is 9.98 Å². The molecule has 142 valence electrons. The van der Waals surface area contributed by atoms with Crippen LogP contribution in [0.1, 0.15) is 19.3 Å². The molecule has 0 saturated carbocycles. The number of hydrogen-bond acceptors (Lipinski definition) is 8. The Balaban J connectivity index is 1.53. The van der Waals surface area contributed by atoms with Crippen LogP contribution in [0.3, 0.4) is 0 Å². The maximum absolute atomic E-state index is 6.09. The fourth-order valence-corrected chi connectivity index (χ4v) is 3.20. The fourth-order valence-electron chi connectivity index (χ4n) is 2.85. The molecule has 1 aromatic carbocycles. The first-order valence-corrected chi connectivity index (χ1v) is 9.05. The number of guanidine groups is 2. The number of nitrogens with two attached hydrogens (primary N) is 2. The van der Waals surface area contributed by atoms with Crippen molar-refractivity contribution in [2.24, 2.45) is 21.5 Å². The lowest BCUT2D eigenvalue weighted by molar-refractivity contribution is -0.190. The molecule has 1 aromatic rings. The average molecular weight is 402 g/mol. The van der Waals surface area contributed by atoms with Gasteiger partial charge in [0.2, 0.25) is 11.9 Å². The quantitative estimate of drug-likeness (QED) is 0.706. The molecule has 8 nitrogen and oxygen atoms in total. The van der Waals surface area contributed by atoms with Crippen molar-refractivity contribution >= 4 is 35.1 Å². The van der Waals surface area contributed by atoms with Crippen molar-refractivity contribution < 1.29 is 14.3 Å². The Morgan fingerprint density at radius 3 is 2.73 bits per heavy atom. The Labute approximate surface area is 161 Å². The second kappa shape index (κ2) is 8.30. The Hall–Kier alpha value is -1.74. The molecule has 2 aliphatic heterocycles. The van der Waals surface area contributed by atoms with E-state index >= 15 is 0 Å². The Morgan fingerprint density at radius 1 is 1.19 bits per heavy atom. The van der Waals surface area contributed by atoms with Crippen LogP contribution in [0.25, 0.3) is 0 Å². The van der Waals surface area contributed by atoms with E-state index in [1.807, 2.05) is 0 Å². The van der Waals surface area contributed by atoms with E-state index in [0.717, 1.165) is 0 Å². The fraction of sp³-hybridized carbons (Fsp3) is 0.500. The number of ether oxygens (including phenoxy) is 2. The summed E-state index contributed by atoms with van der Waals surface area (Å²) in [5.41, 5.74) is 11.1. The predicted molar refractivity (Wildman–Crippen MR) is 100 cm³/mol. The molecule has 0 bridgehead atoms. The molecule has 2 aliphatic rings. The van der Waals surface area contributed by atoms with Crippen LogP contribution in [0.2, 0.25) is 10.0 Å². The van der Waals surface area contributed by atoms with Gasteiger partial charge in [0.25, 0.3) is 0 Å². The number of hydrogen-bond donors (Lipinski definition) is 2. The van der Waals surface area contributed by atoms with Crippen LogP contribution in [0.15, 0.2) is 28.2 Å². The molecule has 2 heterocycles. The largest absolute Gasteiger partial charge is 0.492 e. The summed E-state index contributed by atoms with van der Waals surface area (Å²) in [4.78, 5) is 14.3. The average Bonchev–Trinajstić information content (AvgIpc) is 2.61. The highest BCUT2D eigenvalue weighted by molar-refractivity contribution is 6.42. The van der Waals surface area contributed by atoms with Gasteiger partial charge in [-0.15, -0.1) is 0 Å². The number of nitrogens with zero attached hydrogens (tertiary/aromatic N) is 3. The number of aliphatic imine (C=N–C) groups is 2. The van der Waals surface area contributed by atoms with Gasteiger partial charge in [-0.25, -0.2) is 4.99 Å². The molecule has 26 heavy (non-hydrogen) atoms. The highest BCUT2D eigenvalue weighted by Gasteiger charge is 2.43. The molecule has 1 spiro atoms. The normalized spacial score (nSPS) is 19.2. The lowest BCUT2D eigenvalue weighted by Gasteiger charge is -2.43. The predicted octanol–water partition coefficient (Wildman–Crippen LogP) is 2.15. The second-order valence-corrected chi connectivity index (χ2v) is 6.70. The van der Waals surface area contributed by atoms with Crippen molar-refractivity contribution in [2.75, 3.05) is 26.4 Å². The van der Waals surface area contributed by atoms with Gasteiger partial charge in [-0.2, -0.15) is 10.1 Å². The molecular weight excluding hydrogens is 381 g/mol. The summed E-state index contributed by atoms with van der Waals surface area (Å²) in [6, 6.07) is 5.25. The smallest absolute Gasteiger partial charge is 0.226 e. The number of rotatable bonds is 6. The lowest BCUT2D eigenvalue weighted by atomic mass is 10.0. The molecule has 0 radical (unpaired) electrons. The monoisotopic (exact) mass is 401 g/mol. The van der Waals surface area contributed by atoms with E-state index in [-0.39, 0.29) is 11.9 Å². The van der Waals surface area contributed by atoms with E-state index in [9.17, 15) is 0 Å². The van der Waals surface area contributed by atoms with Crippen molar-refractivity contribution in [3.63, 3.8) is 0 Å².